The Balaban J connectivity index is 0.904. The number of carbonyl (C=O) groups excluding carboxylic acids is 1. The summed E-state index contributed by atoms with van der Waals surface area (Å²) >= 11 is 0. The lowest BCUT2D eigenvalue weighted by atomic mass is 10.0. The number of nitrogens with zero attached hydrogens (tertiary/aromatic N) is 10. The maximum Gasteiger partial charge on any atom is 0.555 e. The van der Waals surface area contributed by atoms with Crippen molar-refractivity contribution in [3.05, 3.63) is 96.1 Å². The second kappa shape index (κ2) is 15.7. The van der Waals surface area contributed by atoms with E-state index in [2.05, 4.69) is 32.3 Å². The predicted molar refractivity (Wildman–Crippen MR) is 162 cm³/mol. The molecule has 2 atom stereocenters. The molecule has 0 N–H and O–H groups in total. The van der Waals surface area contributed by atoms with Crippen LogP contribution in [0.1, 0.15) is 35.1 Å². The number of allylic oxidation sites excluding steroid dienone is 2. The third-order valence-corrected chi connectivity index (χ3v) is 7.08. The first-order valence-electron chi connectivity index (χ1n) is 14.8. The van der Waals surface area contributed by atoms with E-state index >= 15 is 0 Å². The van der Waals surface area contributed by atoms with E-state index in [-0.39, 0.29) is 25.4 Å². The molecule has 0 aliphatic carbocycles. The summed E-state index contributed by atoms with van der Waals surface area (Å²) in [6.45, 7) is 0.317. The first kappa shape index (κ1) is 32.2. The lowest BCUT2D eigenvalue weighted by Gasteiger charge is -2.14. The summed E-state index contributed by atoms with van der Waals surface area (Å²) in [4.78, 5) is 51.6. The number of nitriles is 2. The van der Waals surface area contributed by atoms with Crippen LogP contribution >= 0.6 is 0 Å². The van der Waals surface area contributed by atoms with E-state index in [1.54, 1.807) is 12.2 Å². The van der Waals surface area contributed by atoms with Gasteiger partial charge in [-0.3, -0.25) is 9.68 Å². The van der Waals surface area contributed by atoms with Gasteiger partial charge in [-0.05, 0) is 60.1 Å². The van der Waals surface area contributed by atoms with Gasteiger partial charge in [0.15, 0.2) is 0 Å². The highest BCUT2D eigenvalue weighted by Crippen LogP contribution is 2.21. The maximum atomic E-state index is 12.3. The van der Waals surface area contributed by atoms with E-state index in [9.17, 15) is 15.3 Å². The molecule has 0 bridgehead atoms. The zero-order chi connectivity index (χ0) is 33.1. The molecule has 4 heterocycles. The Labute approximate surface area is 273 Å². The van der Waals surface area contributed by atoms with Crippen molar-refractivity contribution >= 4 is 29.7 Å². The Kier molecular flexibility index (Phi) is 10.5. The minimum absolute atomic E-state index is 0.159. The highest BCUT2D eigenvalue weighted by Gasteiger charge is 2.33. The SMILES string of the molecule is N#C/C(=C\c1cccc(CCC2CON(OC(=O)ON3OCC(CCc4cccc(/C=C(\C#N)n5cncn5)c4)O3)O2)c1)n1cncn1. The van der Waals surface area contributed by atoms with Crippen molar-refractivity contribution in [2.24, 2.45) is 0 Å². The van der Waals surface area contributed by atoms with Gasteiger partial charge in [0.2, 0.25) is 0 Å². The molecule has 17 heteroatoms. The largest absolute Gasteiger partial charge is 0.555 e. The first-order chi connectivity index (χ1) is 23.5. The molecular weight excluding hydrogens is 624 g/mol. The molecule has 48 heavy (non-hydrogen) atoms. The van der Waals surface area contributed by atoms with Crippen molar-refractivity contribution < 1.29 is 33.8 Å². The van der Waals surface area contributed by atoms with Crippen molar-refractivity contribution in [3.63, 3.8) is 0 Å². The van der Waals surface area contributed by atoms with Crippen LogP contribution in [0.5, 0.6) is 0 Å². The molecule has 2 aliphatic heterocycles. The molecule has 2 saturated heterocycles. The summed E-state index contributed by atoms with van der Waals surface area (Å²) in [7, 11) is 0. The number of rotatable bonds is 12. The van der Waals surface area contributed by atoms with Crippen LogP contribution < -0.4 is 0 Å². The lowest BCUT2D eigenvalue weighted by molar-refractivity contribution is -0.500. The van der Waals surface area contributed by atoms with Gasteiger partial charge in [0, 0.05) is 0 Å². The predicted octanol–water partition coefficient (Wildman–Crippen LogP) is 3.56. The second-order valence-corrected chi connectivity index (χ2v) is 10.5. The summed E-state index contributed by atoms with van der Waals surface area (Å²) in [5.74, 6) is 0. The third kappa shape index (κ3) is 8.72. The van der Waals surface area contributed by atoms with Crippen molar-refractivity contribution in [2.45, 2.75) is 37.9 Å². The molecule has 2 unspecified atom stereocenters. The highest BCUT2D eigenvalue weighted by atomic mass is 17.2. The third-order valence-electron chi connectivity index (χ3n) is 7.08. The Hall–Kier alpha value is -5.79. The second-order valence-electron chi connectivity index (χ2n) is 10.5. The molecule has 2 aliphatic rings. The number of carbonyl (C=O) groups is 1. The number of benzene rings is 2. The molecule has 244 valence electrons. The monoisotopic (exact) mass is 652 g/mol. The Morgan fingerprint density at radius 3 is 1.69 bits per heavy atom. The van der Waals surface area contributed by atoms with Gasteiger partial charge in [-0.15, -0.1) is 0 Å². The molecule has 2 aromatic heterocycles. The summed E-state index contributed by atoms with van der Waals surface area (Å²) < 4.78 is 2.79. The van der Waals surface area contributed by atoms with E-state index in [1.807, 2.05) is 48.5 Å². The van der Waals surface area contributed by atoms with Gasteiger partial charge >= 0.3 is 6.16 Å². The van der Waals surface area contributed by atoms with Crippen LogP contribution in [-0.2, 0) is 41.9 Å². The Morgan fingerprint density at radius 1 is 0.792 bits per heavy atom. The van der Waals surface area contributed by atoms with Crippen LogP contribution in [0.3, 0.4) is 0 Å². The topological polar surface area (TPSA) is 188 Å². The fourth-order valence-electron chi connectivity index (χ4n) is 4.77. The zero-order valence-electron chi connectivity index (χ0n) is 25.3. The fourth-order valence-corrected chi connectivity index (χ4v) is 4.77. The number of aromatic nitrogens is 6. The number of hydrogen-bond donors (Lipinski definition) is 0. The van der Waals surface area contributed by atoms with Gasteiger partial charge in [0.25, 0.3) is 0 Å². The summed E-state index contributed by atoms with van der Waals surface area (Å²) in [6, 6.07) is 19.6. The molecule has 4 aromatic rings. The smallest absolute Gasteiger partial charge is 0.281 e. The quantitative estimate of drug-likeness (QED) is 0.202. The molecule has 17 nitrogen and oxygen atoms in total. The van der Waals surface area contributed by atoms with Crippen LogP contribution in [0, 0.1) is 22.7 Å². The van der Waals surface area contributed by atoms with Crippen molar-refractivity contribution in [1.29, 1.82) is 10.5 Å². The average Bonchev–Trinajstić information content (AvgIpc) is 3.94. The normalized spacial score (nSPS) is 18.8. The van der Waals surface area contributed by atoms with E-state index in [1.165, 1.54) is 34.7 Å². The van der Waals surface area contributed by atoms with Crippen molar-refractivity contribution in [2.75, 3.05) is 13.2 Å². The molecule has 2 aromatic carbocycles. The first-order valence-corrected chi connectivity index (χ1v) is 14.8. The van der Waals surface area contributed by atoms with Gasteiger partial charge in [0.1, 0.15) is 85.0 Å². The summed E-state index contributed by atoms with van der Waals surface area (Å²) in [6.07, 6.45) is 9.55. The maximum absolute atomic E-state index is 12.3. The minimum Gasteiger partial charge on any atom is -0.281 e. The van der Waals surface area contributed by atoms with Crippen LogP contribution in [0.2, 0.25) is 0 Å². The lowest BCUT2D eigenvalue weighted by Crippen LogP contribution is -2.29. The Morgan fingerprint density at radius 2 is 1.27 bits per heavy atom. The van der Waals surface area contributed by atoms with Gasteiger partial charge in [-0.25, -0.2) is 38.7 Å². The molecule has 0 spiro atoms. The van der Waals surface area contributed by atoms with Gasteiger partial charge in [-0.1, -0.05) is 48.5 Å². The average molecular weight is 653 g/mol. The fraction of sp³-hybridized carbons (Fsp3) is 0.258. The van der Waals surface area contributed by atoms with E-state index in [0.29, 0.717) is 47.9 Å². The van der Waals surface area contributed by atoms with Crippen LogP contribution in [0.15, 0.2) is 73.8 Å². The molecular formula is C31H28N10O7. The molecule has 0 amide bonds. The number of aryl methyl sites for hydroxylation is 2. The summed E-state index contributed by atoms with van der Waals surface area (Å²) in [5.41, 5.74) is 4.37. The van der Waals surface area contributed by atoms with E-state index < -0.39 is 6.16 Å². The zero-order valence-corrected chi connectivity index (χ0v) is 25.3. The van der Waals surface area contributed by atoms with Gasteiger partial charge in [-0.2, -0.15) is 25.5 Å². The molecule has 0 saturated carbocycles. The Bertz CT molecular complexity index is 1700. The highest BCUT2D eigenvalue weighted by molar-refractivity contribution is 5.79. The van der Waals surface area contributed by atoms with Crippen molar-refractivity contribution in [1.82, 2.24) is 40.3 Å². The molecule has 6 rings (SSSR count). The summed E-state index contributed by atoms with van der Waals surface area (Å²) in [5, 5.41) is 28.1. The van der Waals surface area contributed by atoms with Gasteiger partial charge < -0.3 is 0 Å². The van der Waals surface area contributed by atoms with Crippen molar-refractivity contribution in [3.8, 4) is 12.1 Å². The van der Waals surface area contributed by atoms with Crippen LogP contribution in [0.4, 0.5) is 4.79 Å². The van der Waals surface area contributed by atoms with E-state index in [0.717, 1.165) is 22.3 Å². The van der Waals surface area contributed by atoms with Gasteiger partial charge in [0.05, 0.1) is 0 Å². The van der Waals surface area contributed by atoms with Crippen LogP contribution in [-0.4, -0.2) is 71.9 Å². The standard InChI is InChI=1S/C31H28N10O7/c32-15-27(38-21-34-19-36-38)13-25-5-1-3-23(11-25)7-9-29-17-43-40(45-29)47-31(42)48-41-44-18-30(46-41)10-8-24-4-2-6-26(12-24)14-28(16-33)39-22-35-20-37-39/h1-6,11-14,19-22,29-30H,7-10,17-18H2/b27-13+,28-14+. The van der Waals surface area contributed by atoms with E-state index in [4.69, 9.17) is 29.0 Å². The number of hydrogen-bond acceptors (Lipinski definition) is 15. The van der Waals surface area contributed by atoms with Crippen LogP contribution in [0.25, 0.3) is 23.5 Å². The molecule has 0 radical (unpaired) electrons. The molecule has 2 fully saturated rings. The minimum atomic E-state index is -1.18.